The molecule has 3 rings (SSSR count). The topological polar surface area (TPSA) is 45.8 Å². The molecule has 0 saturated carbocycles. The summed E-state index contributed by atoms with van der Waals surface area (Å²) in [6, 6.07) is 13.1. The minimum atomic E-state index is -1.11. The molecule has 120 valence electrons. The molecule has 0 aliphatic carbocycles. The second kappa shape index (κ2) is 5.57. The molecule has 0 spiro atoms. The predicted octanol–water partition coefficient (Wildman–Crippen LogP) is 3.93. The van der Waals surface area contributed by atoms with E-state index in [0.717, 1.165) is 17.7 Å². The Labute approximate surface area is 137 Å². The molecule has 0 aliphatic rings. The highest BCUT2D eigenvalue weighted by Gasteiger charge is 2.25. The Kier molecular flexibility index (Phi) is 3.69. The van der Waals surface area contributed by atoms with Gasteiger partial charge in [0.05, 0.1) is 16.4 Å². The molecule has 0 N–H and O–H groups in total. The number of rotatable bonds is 2. The molecule has 24 heavy (non-hydrogen) atoms. The van der Waals surface area contributed by atoms with Gasteiger partial charge in [-0.2, -0.15) is 5.26 Å². The van der Waals surface area contributed by atoms with Gasteiger partial charge in [0.1, 0.15) is 11.6 Å². The number of aromatic nitrogens is 1. The highest BCUT2D eigenvalue weighted by atomic mass is 19.2. The summed E-state index contributed by atoms with van der Waals surface area (Å²) < 4.78 is 29.0. The molecule has 0 atom stereocenters. The zero-order chi connectivity index (χ0) is 17.5. The van der Waals surface area contributed by atoms with Gasteiger partial charge >= 0.3 is 0 Å². The number of nitriles is 1. The van der Waals surface area contributed by atoms with Crippen molar-refractivity contribution in [1.29, 1.82) is 5.26 Å². The molecule has 0 saturated heterocycles. The fourth-order valence-electron chi connectivity index (χ4n) is 2.85. The monoisotopic (exact) mass is 324 g/mol. The standard InChI is InChI=1S/C19H14F2N2O/c1-19(2,13-6-4-3-5-7-13)23-11-12(10-22)18(24)14-8-15(20)16(21)9-17(14)23/h3-9,11H,1-2H3. The number of pyridine rings is 1. The predicted molar refractivity (Wildman–Crippen MR) is 87.7 cm³/mol. The van der Waals surface area contributed by atoms with Gasteiger partial charge in [-0.25, -0.2) is 8.78 Å². The Morgan fingerprint density at radius 3 is 2.33 bits per heavy atom. The van der Waals surface area contributed by atoms with E-state index in [9.17, 15) is 18.8 Å². The maximum absolute atomic E-state index is 13.8. The molecule has 3 aromatic rings. The van der Waals surface area contributed by atoms with Crippen LogP contribution in [0, 0.1) is 23.0 Å². The summed E-state index contributed by atoms with van der Waals surface area (Å²) in [6.07, 6.45) is 1.40. The molecule has 0 amide bonds. The fraction of sp³-hybridized carbons (Fsp3) is 0.158. The van der Waals surface area contributed by atoms with Gasteiger partial charge in [-0.3, -0.25) is 4.79 Å². The van der Waals surface area contributed by atoms with Crippen LogP contribution < -0.4 is 5.43 Å². The van der Waals surface area contributed by atoms with Crippen molar-refractivity contribution in [2.45, 2.75) is 19.4 Å². The molecule has 1 aromatic heterocycles. The van der Waals surface area contributed by atoms with E-state index in [1.165, 1.54) is 6.20 Å². The van der Waals surface area contributed by atoms with E-state index in [0.29, 0.717) is 0 Å². The van der Waals surface area contributed by atoms with Crippen LogP contribution >= 0.6 is 0 Å². The van der Waals surface area contributed by atoms with Crippen LogP contribution in [0.3, 0.4) is 0 Å². The van der Waals surface area contributed by atoms with Crippen LogP contribution in [0.5, 0.6) is 0 Å². The lowest BCUT2D eigenvalue weighted by atomic mass is 9.92. The molecule has 3 nitrogen and oxygen atoms in total. The van der Waals surface area contributed by atoms with E-state index in [4.69, 9.17) is 0 Å². The van der Waals surface area contributed by atoms with Gasteiger partial charge in [-0.15, -0.1) is 0 Å². The van der Waals surface area contributed by atoms with Gasteiger partial charge in [0.25, 0.3) is 0 Å². The summed E-state index contributed by atoms with van der Waals surface area (Å²) in [5, 5.41) is 9.21. The third-order valence-corrected chi connectivity index (χ3v) is 4.25. The van der Waals surface area contributed by atoms with Crippen molar-refractivity contribution in [1.82, 2.24) is 4.57 Å². The number of benzene rings is 2. The zero-order valence-corrected chi connectivity index (χ0v) is 13.2. The van der Waals surface area contributed by atoms with Crippen LogP contribution in [0.25, 0.3) is 10.9 Å². The van der Waals surface area contributed by atoms with Crippen LogP contribution in [-0.4, -0.2) is 4.57 Å². The summed E-state index contributed by atoms with van der Waals surface area (Å²) in [5.41, 5.74) is -0.248. The van der Waals surface area contributed by atoms with E-state index in [1.54, 1.807) is 4.57 Å². The van der Waals surface area contributed by atoms with E-state index < -0.39 is 22.6 Å². The van der Waals surface area contributed by atoms with Crippen molar-refractivity contribution in [3.63, 3.8) is 0 Å². The number of nitrogens with zero attached hydrogens (tertiary/aromatic N) is 2. The molecular weight excluding hydrogens is 310 g/mol. The van der Waals surface area contributed by atoms with E-state index >= 15 is 0 Å². The first-order chi connectivity index (χ1) is 11.4. The van der Waals surface area contributed by atoms with Gasteiger partial charge in [-0.05, 0) is 25.5 Å². The van der Waals surface area contributed by atoms with Crippen molar-refractivity contribution in [2.75, 3.05) is 0 Å². The molecule has 1 heterocycles. The van der Waals surface area contributed by atoms with Crippen molar-refractivity contribution in [3.05, 3.63) is 81.6 Å². The minimum Gasteiger partial charge on any atom is -0.336 e. The van der Waals surface area contributed by atoms with Crippen LogP contribution in [0.4, 0.5) is 8.78 Å². The van der Waals surface area contributed by atoms with E-state index in [-0.39, 0.29) is 16.5 Å². The third kappa shape index (κ3) is 2.37. The normalized spacial score (nSPS) is 11.5. The van der Waals surface area contributed by atoms with Crippen molar-refractivity contribution < 1.29 is 8.78 Å². The lowest BCUT2D eigenvalue weighted by Gasteiger charge is -2.31. The van der Waals surface area contributed by atoms with Gasteiger partial charge < -0.3 is 4.57 Å². The largest absolute Gasteiger partial charge is 0.336 e. The number of halogens is 2. The third-order valence-electron chi connectivity index (χ3n) is 4.25. The van der Waals surface area contributed by atoms with Crippen molar-refractivity contribution in [3.8, 4) is 6.07 Å². The second-order valence-corrected chi connectivity index (χ2v) is 6.06. The molecule has 0 fully saturated rings. The van der Waals surface area contributed by atoms with Crippen LogP contribution in [0.2, 0.25) is 0 Å². The molecule has 0 bridgehead atoms. The summed E-state index contributed by atoms with van der Waals surface area (Å²) in [6.45, 7) is 3.77. The van der Waals surface area contributed by atoms with Gasteiger partial charge in [0.2, 0.25) is 5.43 Å². The lowest BCUT2D eigenvalue weighted by molar-refractivity contribution is 0.446. The van der Waals surface area contributed by atoms with Gasteiger partial charge in [-0.1, -0.05) is 30.3 Å². The van der Waals surface area contributed by atoms with E-state index in [2.05, 4.69) is 0 Å². The number of fused-ring (bicyclic) bond motifs is 1. The summed E-state index contributed by atoms with van der Waals surface area (Å²) in [7, 11) is 0. The summed E-state index contributed by atoms with van der Waals surface area (Å²) in [5.74, 6) is -2.15. The summed E-state index contributed by atoms with van der Waals surface area (Å²) >= 11 is 0. The lowest BCUT2D eigenvalue weighted by Crippen LogP contribution is -2.30. The molecule has 0 radical (unpaired) electrons. The van der Waals surface area contributed by atoms with Gasteiger partial charge in [0, 0.05) is 12.3 Å². The first kappa shape index (κ1) is 15.9. The Bertz CT molecular complexity index is 1030. The summed E-state index contributed by atoms with van der Waals surface area (Å²) in [4.78, 5) is 12.3. The van der Waals surface area contributed by atoms with Crippen LogP contribution in [0.15, 0.2) is 53.5 Å². The Morgan fingerprint density at radius 1 is 1.08 bits per heavy atom. The zero-order valence-electron chi connectivity index (χ0n) is 13.2. The maximum Gasteiger partial charge on any atom is 0.207 e. The molecule has 0 unspecified atom stereocenters. The smallest absolute Gasteiger partial charge is 0.207 e. The Balaban J connectivity index is 2.44. The Hall–Kier alpha value is -3.00. The van der Waals surface area contributed by atoms with E-state index in [1.807, 2.05) is 50.2 Å². The fourth-order valence-corrected chi connectivity index (χ4v) is 2.85. The van der Waals surface area contributed by atoms with Crippen LogP contribution in [0.1, 0.15) is 25.0 Å². The SMILES string of the molecule is CC(C)(c1ccccc1)n1cc(C#N)c(=O)c2cc(F)c(F)cc21. The van der Waals surface area contributed by atoms with Crippen molar-refractivity contribution >= 4 is 10.9 Å². The maximum atomic E-state index is 13.8. The average Bonchev–Trinajstić information content (AvgIpc) is 2.58. The first-order valence-corrected chi connectivity index (χ1v) is 7.37. The molecule has 5 heteroatoms. The minimum absolute atomic E-state index is 0.0167. The van der Waals surface area contributed by atoms with Crippen molar-refractivity contribution in [2.24, 2.45) is 0 Å². The molecule has 0 aliphatic heterocycles. The second-order valence-electron chi connectivity index (χ2n) is 6.06. The molecular formula is C19H14F2N2O. The molecule has 2 aromatic carbocycles. The number of hydrogen-bond acceptors (Lipinski definition) is 2. The quantitative estimate of drug-likeness (QED) is 0.717. The average molecular weight is 324 g/mol. The number of hydrogen-bond donors (Lipinski definition) is 0. The highest BCUT2D eigenvalue weighted by Crippen LogP contribution is 2.29. The first-order valence-electron chi connectivity index (χ1n) is 7.37. The Morgan fingerprint density at radius 2 is 1.71 bits per heavy atom. The van der Waals surface area contributed by atoms with Gasteiger partial charge in [0.15, 0.2) is 11.6 Å². The van der Waals surface area contributed by atoms with Crippen LogP contribution in [-0.2, 0) is 5.54 Å². The highest BCUT2D eigenvalue weighted by molar-refractivity contribution is 5.81.